The van der Waals surface area contributed by atoms with Gasteiger partial charge in [-0.25, -0.2) is 0 Å². The average Bonchev–Trinajstić information content (AvgIpc) is 2.15. The summed E-state index contributed by atoms with van der Waals surface area (Å²) in [5.41, 5.74) is 0.426. The van der Waals surface area contributed by atoms with E-state index in [4.69, 9.17) is 0 Å². The summed E-state index contributed by atoms with van der Waals surface area (Å²) in [7, 11) is 0. The first-order valence-corrected chi connectivity index (χ1v) is 4.39. The van der Waals surface area contributed by atoms with Gasteiger partial charge >= 0.3 is 6.18 Å². The van der Waals surface area contributed by atoms with Gasteiger partial charge in [-0.05, 0) is 5.56 Å². The van der Waals surface area contributed by atoms with Crippen molar-refractivity contribution in [3.05, 3.63) is 35.4 Å². The zero-order valence-corrected chi connectivity index (χ0v) is 7.90. The van der Waals surface area contributed by atoms with Crippen molar-refractivity contribution in [3.63, 3.8) is 0 Å². The van der Waals surface area contributed by atoms with Gasteiger partial charge in [-0.1, -0.05) is 24.3 Å². The Kier molecular flexibility index (Phi) is 3.21. The fourth-order valence-electron chi connectivity index (χ4n) is 0.925. The van der Waals surface area contributed by atoms with Crippen LogP contribution in [0.5, 0.6) is 0 Å². The zero-order chi connectivity index (χ0) is 10.8. The van der Waals surface area contributed by atoms with E-state index in [1.165, 1.54) is 12.1 Å². The van der Waals surface area contributed by atoms with Gasteiger partial charge in [0.15, 0.2) is 0 Å². The summed E-state index contributed by atoms with van der Waals surface area (Å²) in [5.74, 6) is -1.39. The summed E-state index contributed by atoms with van der Waals surface area (Å²) in [6.45, 7) is 0. The van der Waals surface area contributed by atoms with Crippen LogP contribution in [-0.4, -0.2) is 12.0 Å². The van der Waals surface area contributed by atoms with E-state index in [1.54, 1.807) is 0 Å². The number of alkyl halides is 3. The Morgan fingerprint density at radius 3 is 2.07 bits per heavy atom. The minimum Gasteiger partial charge on any atom is -0.284 e. The molecule has 0 spiro atoms. The third-order valence-corrected chi connectivity index (χ3v) is 2.02. The lowest BCUT2D eigenvalue weighted by Gasteiger charge is -2.05. The molecule has 1 aromatic rings. The molecule has 0 saturated carbocycles. The smallest absolute Gasteiger partial charge is 0.284 e. The zero-order valence-electron chi connectivity index (χ0n) is 7.01. The molecule has 76 valence electrons. The van der Waals surface area contributed by atoms with Gasteiger partial charge in [0.05, 0.1) is 0 Å². The van der Waals surface area contributed by atoms with Crippen LogP contribution >= 0.6 is 12.6 Å². The van der Waals surface area contributed by atoms with Gasteiger partial charge in [-0.15, -0.1) is 0 Å². The van der Waals surface area contributed by atoms with Gasteiger partial charge in [-0.2, -0.15) is 25.8 Å². The van der Waals surface area contributed by atoms with Gasteiger partial charge in [-0.3, -0.25) is 4.79 Å². The van der Waals surface area contributed by atoms with E-state index in [9.17, 15) is 18.0 Å². The molecule has 0 amide bonds. The van der Waals surface area contributed by atoms with Crippen LogP contribution < -0.4 is 0 Å². The fourth-order valence-corrected chi connectivity index (χ4v) is 1.14. The molecule has 0 bridgehead atoms. The first kappa shape index (κ1) is 11.1. The Labute approximate surface area is 84.3 Å². The van der Waals surface area contributed by atoms with E-state index in [-0.39, 0.29) is 5.56 Å². The van der Waals surface area contributed by atoms with Crippen LogP contribution in [0.3, 0.4) is 0 Å². The highest BCUT2D eigenvalue weighted by molar-refractivity contribution is 7.79. The largest absolute Gasteiger partial charge is 0.454 e. The number of carbonyl (C=O) groups excluding carboxylic acids is 1. The Morgan fingerprint density at radius 1 is 1.21 bits per heavy atom. The maximum atomic E-state index is 12.0. The van der Waals surface area contributed by atoms with E-state index in [0.29, 0.717) is 5.75 Å². The number of rotatable bonds is 2. The first-order valence-electron chi connectivity index (χ1n) is 3.76. The van der Waals surface area contributed by atoms with Crippen LogP contribution in [0.15, 0.2) is 24.3 Å². The molecular formula is C9H7F3OS. The Balaban J connectivity index is 2.93. The van der Waals surface area contributed by atoms with E-state index >= 15 is 0 Å². The molecule has 0 heterocycles. The van der Waals surface area contributed by atoms with Crippen molar-refractivity contribution >= 4 is 18.4 Å². The number of Topliss-reactive ketones (excluding diaryl/α,β-unsaturated/α-hetero) is 1. The molecule has 14 heavy (non-hydrogen) atoms. The topological polar surface area (TPSA) is 17.1 Å². The van der Waals surface area contributed by atoms with E-state index in [1.807, 2.05) is 0 Å². The van der Waals surface area contributed by atoms with E-state index in [2.05, 4.69) is 12.6 Å². The summed E-state index contributed by atoms with van der Waals surface area (Å²) in [6.07, 6.45) is -4.80. The third-order valence-electron chi connectivity index (χ3n) is 1.66. The molecule has 1 rings (SSSR count). The van der Waals surface area contributed by atoms with Crippen molar-refractivity contribution in [1.82, 2.24) is 0 Å². The van der Waals surface area contributed by atoms with Crippen LogP contribution in [0.4, 0.5) is 13.2 Å². The standard InChI is InChI=1S/C9H7F3OS/c10-9(11,12)8(13)7-3-1-6(5-14)2-4-7/h1-4,14H,5H2. The lowest BCUT2D eigenvalue weighted by atomic mass is 10.1. The average molecular weight is 220 g/mol. The van der Waals surface area contributed by atoms with Crippen molar-refractivity contribution in [3.8, 4) is 0 Å². The number of hydrogen-bond donors (Lipinski definition) is 1. The molecule has 0 aliphatic heterocycles. The summed E-state index contributed by atoms with van der Waals surface area (Å²) < 4.78 is 35.9. The third kappa shape index (κ3) is 2.51. The van der Waals surface area contributed by atoms with Crippen molar-refractivity contribution in [2.45, 2.75) is 11.9 Å². The number of halogens is 3. The van der Waals surface area contributed by atoms with Gasteiger partial charge in [0, 0.05) is 11.3 Å². The maximum Gasteiger partial charge on any atom is 0.454 e. The molecule has 0 unspecified atom stereocenters. The summed E-state index contributed by atoms with van der Waals surface area (Å²) in [5, 5.41) is 0. The van der Waals surface area contributed by atoms with Crippen LogP contribution in [0, 0.1) is 0 Å². The Bertz CT molecular complexity index is 329. The molecule has 5 heteroatoms. The van der Waals surface area contributed by atoms with Gasteiger partial charge < -0.3 is 0 Å². The fraction of sp³-hybridized carbons (Fsp3) is 0.222. The van der Waals surface area contributed by atoms with E-state index < -0.39 is 12.0 Å². The summed E-state index contributed by atoms with van der Waals surface area (Å²) >= 11 is 3.95. The van der Waals surface area contributed by atoms with Crippen LogP contribution in [0.1, 0.15) is 15.9 Å². The normalized spacial score (nSPS) is 11.4. The minimum absolute atomic E-state index is 0.344. The SMILES string of the molecule is O=C(c1ccc(CS)cc1)C(F)(F)F. The highest BCUT2D eigenvalue weighted by atomic mass is 32.1. The number of carbonyl (C=O) groups is 1. The summed E-state index contributed by atoms with van der Waals surface area (Å²) in [4.78, 5) is 10.7. The van der Waals surface area contributed by atoms with Crippen molar-refractivity contribution in [2.24, 2.45) is 0 Å². The minimum atomic E-state index is -4.80. The molecule has 0 atom stereocenters. The highest BCUT2D eigenvalue weighted by Gasteiger charge is 2.38. The number of benzene rings is 1. The van der Waals surface area contributed by atoms with Crippen molar-refractivity contribution < 1.29 is 18.0 Å². The lowest BCUT2D eigenvalue weighted by molar-refractivity contribution is -0.0885. The number of hydrogen-bond acceptors (Lipinski definition) is 2. The Morgan fingerprint density at radius 2 is 1.71 bits per heavy atom. The molecule has 0 saturated heterocycles. The lowest BCUT2D eigenvalue weighted by Crippen LogP contribution is -2.22. The van der Waals surface area contributed by atoms with Crippen LogP contribution in [0.25, 0.3) is 0 Å². The Hall–Kier alpha value is -0.970. The highest BCUT2D eigenvalue weighted by Crippen LogP contribution is 2.21. The molecule has 0 N–H and O–H groups in total. The van der Waals surface area contributed by atoms with Crippen LogP contribution in [-0.2, 0) is 5.75 Å². The predicted molar refractivity (Wildman–Crippen MR) is 49.5 cm³/mol. The van der Waals surface area contributed by atoms with E-state index in [0.717, 1.165) is 17.7 Å². The second kappa shape index (κ2) is 4.04. The van der Waals surface area contributed by atoms with Gasteiger partial charge in [0.2, 0.25) is 0 Å². The van der Waals surface area contributed by atoms with Gasteiger partial charge in [0.1, 0.15) is 0 Å². The molecule has 0 aromatic heterocycles. The van der Waals surface area contributed by atoms with Crippen molar-refractivity contribution in [1.29, 1.82) is 0 Å². The van der Waals surface area contributed by atoms with Crippen molar-refractivity contribution in [2.75, 3.05) is 0 Å². The molecule has 0 fully saturated rings. The van der Waals surface area contributed by atoms with Gasteiger partial charge in [0.25, 0.3) is 5.78 Å². The quantitative estimate of drug-likeness (QED) is 0.599. The molecule has 0 aliphatic carbocycles. The predicted octanol–water partition coefficient (Wildman–Crippen LogP) is 2.86. The first-order chi connectivity index (χ1) is 6.45. The second-order valence-electron chi connectivity index (χ2n) is 2.68. The van der Waals surface area contributed by atoms with Crippen LogP contribution in [0.2, 0.25) is 0 Å². The molecule has 1 nitrogen and oxygen atoms in total. The monoisotopic (exact) mass is 220 g/mol. The number of ketones is 1. The maximum absolute atomic E-state index is 12.0. The molecule has 1 aromatic carbocycles. The molecular weight excluding hydrogens is 213 g/mol. The second-order valence-corrected chi connectivity index (χ2v) is 3.00. The molecule has 0 aliphatic rings. The number of thiol groups is 1. The summed E-state index contributed by atoms with van der Waals surface area (Å²) in [6, 6.07) is 5.21. The molecule has 0 radical (unpaired) electrons.